The van der Waals surface area contributed by atoms with Crippen molar-refractivity contribution in [1.82, 2.24) is 10.3 Å². The number of primary amides is 1. The normalized spacial score (nSPS) is 11.4. The number of anilines is 2. The molecule has 3 rings (SSSR count). The zero-order valence-electron chi connectivity index (χ0n) is 21.4. The van der Waals surface area contributed by atoms with Gasteiger partial charge in [-0.3, -0.25) is 14.6 Å². The molecule has 1 aromatic heterocycles. The standard InChI is InChI=1S/C28H33N5O4/c1-5-10-21(29)28(35)32-15-17-11-9-12-22(18(17)6-2)33-26-19-13-24(36-7-3)25(37-8-4)14-23(19)31-16-20(26)27(30)34/h1,9,11-14,16,21H,6-8,10,15,29H2,2-4H3,(H2,30,34)(H,31,33)(H,32,35)/t21-/m0/s1. The van der Waals surface area contributed by atoms with Gasteiger partial charge in [0, 0.05) is 36.3 Å². The van der Waals surface area contributed by atoms with Gasteiger partial charge in [-0.1, -0.05) is 19.1 Å². The van der Waals surface area contributed by atoms with Crippen molar-refractivity contribution in [3.8, 4) is 23.8 Å². The molecule has 1 heterocycles. The first-order valence-electron chi connectivity index (χ1n) is 12.2. The number of terminal acetylenes is 1. The molecule has 0 aliphatic rings. The molecule has 0 saturated heterocycles. The first-order valence-corrected chi connectivity index (χ1v) is 12.2. The summed E-state index contributed by atoms with van der Waals surface area (Å²) in [6, 6.07) is 8.52. The van der Waals surface area contributed by atoms with E-state index in [4.69, 9.17) is 27.4 Å². The predicted octanol–water partition coefficient (Wildman–Crippen LogP) is 3.40. The van der Waals surface area contributed by atoms with E-state index in [1.807, 2.05) is 39.0 Å². The lowest BCUT2D eigenvalue weighted by molar-refractivity contribution is -0.122. The highest BCUT2D eigenvalue weighted by atomic mass is 16.5. The van der Waals surface area contributed by atoms with Crippen molar-refractivity contribution in [2.75, 3.05) is 18.5 Å². The quantitative estimate of drug-likeness (QED) is 0.278. The average molecular weight is 504 g/mol. The van der Waals surface area contributed by atoms with Gasteiger partial charge in [0.05, 0.1) is 36.0 Å². The largest absolute Gasteiger partial charge is 0.490 e. The van der Waals surface area contributed by atoms with Crippen molar-refractivity contribution in [3.63, 3.8) is 0 Å². The second kappa shape index (κ2) is 12.6. The van der Waals surface area contributed by atoms with Crippen LogP contribution in [0, 0.1) is 12.3 Å². The third kappa shape index (κ3) is 6.29. The third-order valence-corrected chi connectivity index (χ3v) is 5.81. The Hall–Kier alpha value is -4.29. The molecule has 0 spiro atoms. The van der Waals surface area contributed by atoms with Crippen LogP contribution in [0.2, 0.25) is 0 Å². The van der Waals surface area contributed by atoms with E-state index in [1.165, 1.54) is 6.20 Å². The Bertz CT molecular complexity index is 1330. The topological polar surface area (TPSA) is 142 Å². The number of benzene rings is 2. The number of nitrogens with zero attached hydrogens (tertiary/aromatic N) is 1. The van der Waals surface area contributed by atoms with Gasteiger partial charge < -0.3 is 31.6 Å². The van der Waals surface area contributed by atoms with Gasteiger partial charge in [-0.05, 0) is 43.5 Å². The fourth-order valence-electron chi connectivity index (χ4n) is 4.06. The molecule has 2 amide bonds. The summed E-state index contributed by atoms with van der Waals surface area (Å²) in [6.45, 7) is 6.97. The maximum Gasteiger partial charge on any atom is 0.252 e. The second-order valence-electron chi connectivity index (χ2n) is 8.25. The first kappa shape index (κ1) is 27.3. The third-order valence-electron chi connectivity index (χ3n) is 5.81. The molecule has 194 valence electrons. The highest BCUT2D eigenvalue weighted by Gasteiger charge is 2.19. The molecular formula is C28H33N5O4. The molecular weight excluding hydrogens is 470 g/mol. The van der Waals surface area contributed by atoms with E-state index < -0.39 is 11.9 Å². The molecule has 0 fully saturated rings. The van der Waals surface area contributed by atoms with Crippen molar-refractivity contribution >= 4 is 34.1 Å². The zero-order valence-corrected chi connectivity index (χ0v) is 21.4. The Morgan fingerprint density at radius 1 is 1.14 bits per heavy atom. The summed E-state index contributed by atoms with van der Waals surface area (Å²) in [6.07, 6.45) is 7.54. The molecule has 3 aromatic rings. The molecule has 0 saturated carbocycles. The van der Waals surface area contributed by atoms with Gasteiger partial charge in [0.1, 0.15) is 0 Å². The fourth-order valence-corrected chi connectivity index (χ4v) is 4.06. The van der Waals surface area contributed by atoms with Gasteiger partial charge >= 0.3 is 0 Å². The summed E-state index contributed by atoms with van der Waals surface area (Å²) in [7, 11) is 0. The molecule has 0 aliphatic carbocycles. The van der Waals surface area contributed by atoms with Crippen LogP contribution >= 0.6 is 0 Å². The molecule has 6 N–H and O–H groups in total. The van der Waals surface area contributed by atoms with E-state index >= 15 is 0 Å². The lowest BCUT2D eigenvalue weighted by atomic mass is 10.0. The number of carbonyl (C=O) groups is 2. The highest BCUT2D eigenvalue weighted by molar-refractivity contribution is 6.08. The van der Waals surface area contributed by atoms with E-state index in [0.29, 0.717) is 47.7 Å². The van der Waals surface area contributed by atoms with E-state index in [9.17, 15) is 9.59 Å². The van der Waals surface area contributed by atoms with Crippen LogP contribution in [0.4, 0.5) is 11.4 Å². The summed E-state index contributed by atoms with van der Waals surface area (Å²) in [5.41, 5.74) is 15.5. The minimum Gasteiger partial charge on any atom is -0.490 e. The Labute approximate surface area is 216 Å². The number of fused-ring (bicyclic) bond motifs is 1. The van der Waals surface area contributed by atoms with Gasteiger partial charge in [0.2, 0.25) is 5.91 Å². The Morgan fingerprint density at radius 3 is 2.46 bits per heavy atom. The van der Waals surface area contributed by atoms with Crippen molar-refractivity contribution in [1.29, 1.82) is 0 Å². The summed E-state index contributed by atoms with van der Waals surface area (Å²) in [5.74, 6) is 2.57. The smallest absolute Gasteiger partial charge is 0.252 e. The number of carbonyl (C=O) groups excluding carboxylic acids is 2. The molecule has 1 atom stereocenters. The maximum atomic E-state index is 12.4. The molecule has 9 nitrogen and oxygen atoms in total. The van der Waals surface area contributed by atoms with E-state index in [1.54, 1.807) is 12.1 Å². The lowest BCUT2D eigenvalue weighted by Gasteiger charge is -2.20. The van der Waals surface area contributed by atoms with Crippen LogP contribution < -0.4 is 31.6 Å². The van der Waals surface area contributed by atoms with Crippen molar-refractivity contribution in [3.05, 3.63) is 53.2 Å². The second-order valence-corrected chi connectivity index (χ2v) is 8.25. The number of pyridine rings is 1. The number of nitrogens with two attached hydrogens (primary N) is 2. The van der Waals surface area contributed by atoms with Crippen LogP contribution in [0.5, 0.6) is 11.5 Å². The van der Waals surface area contributed by atoms with E-state index in [2.05, 4.69) is 21.5 Å². The number of rotatable bonds is 12. The number of ether oxygens (including phenoxy) is 2. The summed E-state index contributed by atoms with van der Waals surface area (Å²) in [4.78, 5) is 29.1. The first-order chi connectivity index (χ1) is 17.8. The van der Waals surface area contributed by atoms with Crippen LogP contribution in [0.3, 0.4) is 0 Å². The summed E-state index contributed by atoms with van der Waals surface area (Å²) in [5, 5.41) is 6.91. The Morgan fingerprint density at radius 2 is 1.84 bits per heavy atom. The van der Waals surface area contributed by atoms with Gasteiger partial charge in [0.25, 0.3) is 5.91 Å². The molecule has 0 unspecified atom stereocenters. The van der Waals surface area contributed by atoms with Crippen molar-refractivity contribution in [2.45, 2.75) is 46.2 Å². The number of nitrogens with one attached hydrogen (secondary N) is 2. The van der Waals surface area contributed by atoms with E-state index in [0.717, 1.165) is 16.8 Å². The predicted molar refractivity (Wildman–Crippen MR) is 145 cm³/mol. The molecule has 37 heavy (non-hydrogen) atoms. The highest BCUT2D eigenvalue weighted by Crippen LogP contribution is 2.38. The number of amides is 2. The number of hydrogen-bond donors (Lipinski definition) is 4. The van der Waals surface area contributed by atoms with Gasteiger partial charge in [-0.25, -0.2) is 0 Å². The zero-order chi connectivity index (χ0) is 26.9. The van der Waals surface area contributed by atoms with Crippen LogP contribution in [-0.2, 0) is 17.8 Å². The Kier molecular flexibility index (Phi) is 9.30. The molecule has 2 aromatic carbocycles. The van der Waals surface area contributed by atoms with Crippen molar-refractivity contribution < 1.29 is 19.1 Å². The van der Waals surface area contributed by atoms with Crippen LogP contribution in [0.1, 0.15) is 48.7 Å². The van der Waals surface area contributed by atoms with Crippen LogP contribution in [0.15, 0.2) is 36.5 Å². The average Bonchev–Trinajstić information content (AvgIpc) is 2.88. The number of aromatic nitrogens is 1. The SMILES string of the molecule is C#CC[C@H](N)C(=O)NCc1cccc(Nc2c(C(N)=O)cnc3cc(OCC)c(OCC)cc23)c1CC. The molecule has 9 heteroatoms. The van der Waals surface area contributed by atoms with Crippen LogP contribution in [0.25, 0.3) is 10.9 Å². The monoisotopic (exact) mass is 503 g/mol. The minimum atomic E-state index is -0.765. The fraction of sp³-hybridized carbons (Fsp3) is 0.321. The van der Waals surface area contributed by atoms with Gasteiger partial charge in [-0.2, -0.15) is 0 Å². The van der Waals surface area contributed by atoms with Gasteiger partial charge in [-0.15, -0.1) is 12.3 Å². The molecule has 0 radical (unpaired) electrons. The number of hydrogen-bond acceptors (Lipinski definition) is 7. The van der Waals surface area contributed by atoms with Crippen molar-refractivity contribution in [2.24, 2.45) is 11.5 Å². The maximum absolute atomic E-state index is 12.4. The Balaban J connectivity index is 2.07. The minimum absolute atomic E-state index is 0.161. The molecule has 0 bridgehead atoms. The summed E-state index contributed by atoms with van der Waals surface area (Å²) >= 11 is 0. The van der Waals surface area contributed by atoms with Crippen LogP contribution in [-0.4, -0.2) is 36.1 Å². The summed E-state index contributed by atoms with van der Waals surface area (Å²) < 4.78 is 11.5. The molecule has 0 aliphatic heterocycles. The van der Waals surface area contributed by atoms with Gasteiger partial charge in [0.15, 0.2) is 11.5 Å². The lowest BCUT2D eigenvalue weighted by Crippen LogP contribution is -2.40. The van der Waals surface area contributed by atoms with E-state index in [-0.39, 0.29) is 24.4 Å².